The normalized spacial score (nSPS) is 11.1. The Hall–Kier alpha value is -8.07. The van der Waals surface area contributed by atoms with Crippen LogP contribution < -0.4 is 4.90 Å². The highest BCUT2D eigenvalue weighted by atomic mass is 15.1. The zero-order valence-electron chi connectivity index (χ0n) is 31.4. The van der Waals surface area contributed by atoms with Gasteiger partial charge in [0.2, 0.25) is 0 Å². The van der Waals surface area contributed by atoms with Crippen LogP contribution in [-0.4, -0.2) is 14.5 Å². The van der Waals surface area contributed by atoms with Gasteiger partial charge in [0, 0.05) is 50.2 Å². The van der Waals surface area contributed by atoms with Crippen LogP contribution in [0.4, 0.5) is 17.1 Å². The number of aromatic nitrogens is 3. The number of nitrogens with zero attached hydrogens (tertiary/aromatic N) is 5. The lowest BCUT2D eigenvalue weighted by Crippen LogP contribution is -2.09. The van der Waals surface area contributed by atoms with Gasteiger partial charge in [-0.05, 0) is 90.0 Å². The first-order valence-corrected chi connectivity index (χ1v) is 19.3. The Kier molecular flexibility index (Phi) is 8.83. The van der Waals surface area contributed by atoms with Crippen LogP contribution in [0.2, 0.25) is 0 Å². The first-order chi connectivity index (χ1) is 28.7. The van der Waals surface area contributed by atoms with Crippen molar-refractivity contribution in [2.24, 2.45) is 0 Å². The molecule has 58 heavy (non-hydrogen) atoms. The molecule has 0 atom stereocenters. The van der Waals surface area contributed by atoms with Gasteiger partial charge in [0.15, 0.2) is 5.82 Å². The molecule has 10 aromatic rings. The highest BCUT2D eigenvalue weighted by Crippen LogP contribution is 2.41. The van der Waals surface area contributed by atoms with Crippen molar-refractivity contribution in [3.05, 3.63) is 218 Å². The topological polar surface area (TPSA) is 57.7 Å². The molecule has 0 fully saturated rings. The molecule has 0 amide bonds. The summed E-state index contributed by atoms with van der Waals surface area (Å²) >= 11 is 0. The highest BCUT2D eigenvalue weighted by Gasteiger charge is 2.19. The largest absolute Gasteiger partial charge is 0.310 e. The molecule has 0 saturated carbocycles. The van der Waals surface area contributed by atoms with E-state index in [-0.39, 0.29) is 0 Å². The lowest BCUT2D eigenvalue weighted by atomic mass is 9.98. The maximum atomic E-state index is 9.64. The van der Waals surface area contributed by atoms with E-state index in [1.807, 2.05) is 60.7 Å². The third kappa shape index (κ3) is 6.45. The molecule has 2 aromatic heterocycles. The molecular weight excluding hydrogens is 707 g/mol. The Morgan fingerprint density at radius 3 is 1.60 bits per heavy atom. The van der Waals surface area contributed by atoms with E-state index in [4.69, 9.17) is 9.97 Å². The van der Waals surface area contributed by atoms with E-state index < -0.39 is 0 Å². The first-order valence-electron chi connectivity index (χ1n) is 19.3. The molecule has 8 aromatic carbocycles. The molecule has 272 valence electrons. The minimum atomic E-state index is 0.618. The van der Waals surface area contributed by atoms with Crippen LogP contribution in [-0.2, 0) is 0 Å². The summed E-state index contributed by atoms with van der Waals surface area (Å²) in [6, 6.07) is 75.6. The molecule has 0 spiro atoms. The summed E-state index contributed by atoms with van der Waals surface area (Å²) in [7, 11) is 0. The molecule has 0 aliphatic heterocycles. The summed E-state index contributed by atoms with van der Waals surface area (Å²) in [5, 5.41) is 12.0. The molecule has 0 aliphatic rings. The quantitative estimate of drug-likeness (QED) is 0.156. The number of nitriles is 1. The number of hydrogen-bond acceptors (Lipinski definition) is 4. The Morgan fingerprint density at radius 2 is 0.948 bits per heavy atom. The summed E-state index contributed by atoms with van der Waals surface area (Å²) in [5.41, 5.74) is 13.6. The van der Waals surface area contributed by atoms with E-state index in [2.05, 4.69) is 167 Å². The Balaban J connectivity index is 1.24. The van der Waals surface area contributed by atoms with Gasteiger partial charge in [0.25, 0.3) is 0 Å². The summed E-state index contributed by atoms with van der Waals surface area (Å²) in [6.45, 7) is 0. The van der Waals surface area contributed by atoms with E-state index in [0.29, 0.717) is 11.4 Å². The summed E-state index contributed by atoms with van der Waals surface area (Å²) in [6.07, 6.45) is 0. The van der Waals surface area contributed by atoms with E-state index in [0.717, 1.165) is 78.4 Å². The third-order valence-corrected chi connectivity index (χ3v) is 10.6. The van der Waals surface area contributed by atoms with Crippen molar-refractivity contribution in [1.29, 1.82) is 5.26 Å². The fourth-order valence-corrected chi connectivity index (χ4v) is 7.84. The van der Waals surface area contributed by atoms with E-state index in [9.17, 15) is 5.26 Å². The fourth-order valence-electron chi connectivity index (χ4n) is 7.84. The molecule has 0 radical (unpaired) electrons. The predicted octanol–water partition coefficient (Wildman–Crippen LogP) is 13.6. The predicted molar refractivity (Wildman–Crippen MR) is 238 cm³/mol. The number of fused-ring (bicyclic) bond motifs is 3. The minimum absolute atomic E-state index is 0.618. The molecule has 0 N–H and O–H groups in total. The van der Waals surface area contributed by atoms with Gasteiger partial charge in [0.05, 0.1) is 34.1 Å². The Labute approximate surface area is 337 Å². The van der Waals surface area contributed by atoms with Crippen LogP contribution in [0, 0.1) is 11.3 Å². The van der Waals surface area contributed by atoms with Gasteiger partial charge < -0.3 is 9.47 Å². The molecular formula is C53H35N5. The van der Waals surface area contributed by atoms with Crippen LogP contribution in [0.3, 0.4) is 0 Å². The van der Waals surface area contributed by atoms with E-state index in [1.54, 1.807) is 0 Å². The lowest BCUT2D eigenvalue weighted by molar-refractivity contribution is 1.16. The minimum Gasteiger partial charge on any atom is -0.310 e. The molecule has 10 rings (SSSR count). The van der Waals surface area contributed by atoms with Crippen LogP contribution in [0.25, 0.3) is 72.5 Å². The molecule has 0 aliphatic carbocycles. The maximum Gasteiger partial charge on any atom is 0.160 e. The molecule has 5 heteroatoms. The number of anilines is 3. The van der Waals surface area contributed by atoms with Gasteiger partial charge in [0.1, 0.15) is 0 Å². The van der Waals surface area contributed by atoms with Crippen molar-refractivity contribution in [3.63, 3.8) is 0 Å². The summed E-state index contributed by atoms with van der Waals surface area (Å²) < 4.78 is 2.37. The first kappa shape index (κ1) is 34.4. The van der Waals surface area contributed by atoms with Gasteiger partial charge in [-0.15, -0.1) is 0 Å². The lowest BCUT2D eigenvalue weighted by Gasteiger charge is -2.25. The average Bonchev–Trinajstić information content (AvgIpc) is 3.64. The number of para-hydroxylation sites is 3. The monoisotopic (exact) mass is 741 g/mol. The van der Waals surface area contributed by atoms with Crippen molar-refractivity contribution < 1.29 is 0 Å². The summed E-state index contributed by atoms with van der Waals surface area (Å²) in [5.74, 6) is 0.658. The molecule has 0 saturated heterocycles. The van der Waals surface area contributed by atoms with Crippen molar-refractivity contribution >= 4 is 38.9 Å². The highest BCUT2D eigenvalue weighted by molar-refractivity contribution is 6.10. The summed E-state index contributed by atoms with van der Waals surface area (Å²) in [4.78, 5) is 12.6. The van der Waals surface area contributed by atoms with Gasteiger partial charge in [-0.3, -0.25) is 0 Å². The Bertz CT molecular complexity index is 3000. The zero-order chi connectivity index (χ0) is 38.8. The second kappa shape index (κ2) is 14.9. The van der Waals surface area contributed by atoms with Crippen LogP contribution in [0.15, 0.2) is 212 Å². The smallest absolute Gasteiger partial charge is 0.160 e. The second-order valence-corrected chi connectivity index (χ2v) is 14.2. The van der Waals surface area contributed by atoms with Gasteiger partial charge in [-0.1, -0.05) is 133 Å². The standard InChI is InChI=1S/C53H35N5/c54-36-37-25-27-38(28-26-37)41-31-42(50-35-49(39-15-5-1-6-16-39)55-53(56-50)40-17-7-2-8-18-40)33-46(32-41)58-51-24-14-13-23-47(51)48-30-29-45(34-52(48)58)57(43-19-9-3-10-20-43)44-21-11-4-12-22-44/h1-35H. The van der Waals surface area contributed by atoms with Crippen molar-refractivity contribution in [3.8, 4) is 56.8 Å². The average molecular weight is 742 g/mol. The fraction of sp³-hybridized carbons (Fsp3) is 0. The van der Waals surface area contributed by atoms with Crippen LogP contribution in [0.1, 0.15) is 5.56 Å². The number of rotatable bonds is 8. The Morgan fingerprint density at radius 1 is 0.397 bits per heavy atom. The second-order valence-electron chi connectivity index (χ2n) is 14.2. The number of hydrogen-bond donors (Lipinski definition) is 0. The zero-order valence-corrected chi connectivity index (χ0v) is 31.4. The van der Waals surface area contributed by atoms with Gasteiger partial charge in [-0.2, -0.15) is 5.26 Å². The van der Waals surface area contributed by atoms with E-state index in [1.165, 1.54) is 5.39 Å². The van der Waals surface area contributed by atoms with Crippen molar-refractivity contribution in [2.75, 3.05) is 4.90 Å². The van der Waals surface area contributed by atoms with E-state index >= 15 is 0 Å². The SMILES string of the molecule is N#Cc1ccc(-c2cc(-c3cc(-c4ccccc4)nc(-c4ccccc4)n3)cc(-n3c4ccccc4c4ccc(N(c5ccccc5)c5ccccc5)cc43)c2)cc1. The molecule has 5 nitrogen and oxygen atoms in total. The van der Waals surface area contributed by atoms with Crippen LogP contribution in [0.5, 0.6) is 0 Å². The van der Waals surface area contributed by atoms with Gasteiger partial charge in [-0.25, -0.2) is 9.97 Å². The number of benzene rings is 8. The molecule has 0 bridgehead atoms. The third-order valence-electron chi connectivity index (χ3n) is 10.6. The maximum absolute atomic E-state index is 9.64. The van der Waals surface area contributed by atoms with Crippen molar-refractivity contribution in [1.82, 2.24) is 14.5 Å². The van der Waals surface area contributed by atoms with Gasteiger partial charge >= 0.3 is 0 Å². The van der Waals surface area contributed by atoms with Crippen LogP contribution >= 0.6 is 0 Å². The molecule has 2 heterocycles. The van der Waals surface area contributed by atoms with Crippen molar-refractivity contribution in [2.45, 2.75) is 0 Å². The molecule has 0 unspecified atom stereocenters.